The predicted molar refractivity (Wildman–Crippen MR) is 66.0 cm³/mol. The molecule has 1 heterocycles. The van der Waals surface area contributed by atoms with Crippen molar-refractivity contribution >= 4 is 5.97 Å². The van der Waals surface area contributed by atoms with E-state index in [0.717, 1.165) is 5.56 Å². The van der Waals surface area contributed by atoms with Gasteiger partial charge in [0, 0.05) is 11.1 Å². The highest BCUT2D eigenvalue weighted by molar-refractivity contribution is 5.94. The Labute approximate surface area is 108 Å². The fourth-order valence-corrected chi connectivity index (χ4v) is 2.10. The summed E-state index contributed by atoms with van der Waals surface area (Å²) in [7, 11) is 0. The third-order valence-electron chi connectivity index (χ3n) is 3.12. The van der Waals surface area contributed by atoms with Crippen LogP contribution in [-0.4, -0.2) is 21.3 Å². The van der Waals surface area contributed by atoms with Gasteiger partial charge in [-0.2, -0.15) is 0 Å². The van der Waals surface area contributed by atoms with Gasteiger partial charge in [0.15, 0.2) is 11.5 Å². The Hall–Kier alpha value is -2.69. The summed E-state index contributed by atoms with van der Waals surface area (Å²) in [6, 6.07) is 7.76. The van der Waals surface area contributed by atoms with Crippen LogP contribution in [0.4, 0.5) is 0 Å². The van der Waals surface area contributed by atoms with E-state index >= 15 is 0 Å². The van der Waals surface area contributed by atoms with Gasteiger partial charge in [0.1, 0.15) is 6.61 Å². The molecule has 96 valence electrons. The molecule has 1 aliphatic rings. The molecular weight excluding hydrogens is 248 g/mol. The van der Waals surface area contributed by atoms with E-state index in [1.165, 1.54) is 12.1 Å². The fourth-order valence-electron chi connectivity index (χ4n) is 2.10. The minimum absolute atomic E-state index is 0.201. The van der Waals surface area contributed by atoms with E-state index in [4.69, 9.17) is 4.74 Å². The molecule has 19 heavy (non-hydrogen) atoms. The molecule has 3 rings (SSSR count). The van der Waals surface area contributed by atoms with Crippen LogP contribution in [0, 0.1) is 0 Å². The maximum absolute atomic E-state index is 11.3. The Bertz CT molecular complexity index is 690. The Morgan fingerprint density at radius 3 is 2.47 bits per heavy atom. The lowest BCUT2D eigenvalue weighted by molar-refractivity contribution is 0.0535. The number of aromatic hydroxyl groups is 3. The van der Waals surface area contributed by atoms with Crippen LogP contribution < -0.4 is 0 Å². The van der Waals surface area contributed by atoms with E-state index in [0.29, 0.717) is 16.7 Å². The van der Waals surface area contributed by atoms with E-state index in [1.807, 2.05) is 0 Å². The maximum Gasteiger partial charge on any atom is 0.338 e. The molecule has 0 atom stereocenters. The van der Waals surface area contributed by atoms with Gasteiger partial charge < -0.3 is 20.1 Å². The van der Waals surface area contributed by atoms with Crippen LogP contribution in [-0.2, 0) is 11.3 Å². The number of carbonyl (C=O) groups excluding carboxylic acids is 1. The molecule has 2 aromatic carbocycles. The summed E-state index contributed by atoms with van der Waals surface area (Å²) in [5, 5.41) is 28.6. The lowest BCUT2D eigenvalue weighted by Crippen LogP contribution is -1.93. The second kappa shape index (κ2) is 3.91. The van der Waals surface area contributed by atoms with E-state index in [1.54, 1.807) is 18.2 Å². The van der Waals surface area contributed by atoms with Gasteiger partial charge in [-0.3, -0.25) is 0 Å². The van der Waals surface area contributed by atoms with E-state index in [9.17, 15) is 20.1 Å². The highest BCUT2D eigenvalue weighted by Crippen LogP contribution is 2.42. The quantitative estimate of drug-likeness (QED) is 0.539. The van der Waals surface area contributed by atoms with Crippen molar-refractivity contribution < 1.29 is 24.9 Å². The minimum atomic E-state index is -0.565. The predicted octanol–water partition coefficient (Wildman–Crippen LogP) is 2.14. The smallest absolute Gasteiger partial charge is 0.338 e. The second-order valence-corrected chi connectivity index (χ2v) is 4.28. The molecule has 5 nitrogen and oxygen atoms in total. The van der Waals surface area contributed by atoms with E-state index < -0.39 is 11.5 Å². The number of fused-ring (bicyclic) bond motifs is 1. The van der Waals surface area contributed by atoms with Crippen molar-refractivity contribution in [2.45, 2.75) is 6.61 Å². The molecule has 0 fully saturated rings. The molecule has 0 bridgehead atoms. The summed E-state index contributed by atoms with van der Waals surface area (Å²) in [6.45, 7) is 0.201. The SMILES string of the molecule is O=C1OCc2cc(-c3ccc(O)c(O)c3O)ccc21. The summed E-state index contributed by atoms with van der Waals surface area (Å²) in [4.78, 5) is 11.3. The topological polar surface area (TPSA) is 87.0 Å². The zero-order chi connectivity index (χ0) is 13.6. The standard InChI is InChI=1S/C14H10O5/c15-11-4-3-9(12(16)13(11)17)7-1-2-10-8(5-7)6-19-14(10)18/h1-5,15-17H,6H2. The third kappa shape index (κ3) is 1.67. The number of rotatable bonds is 1. The van der Waals surface area contributed by atoms with Gasteiger partial charge in [-0.1, -0.05) is 6.07 Å². The van der Waals surface area contributed by atoms with Crippen molar-refractivity contribution in [2.75, 3.05) is 0 Å². The molecule has 2 aromatic rings. The van der Waals surface area contributed by atoms with Gasteiger partial charge >= 0.3 is 5.97 Å². The van der Waals surface area contributed by atoms with Gasteiger partial charge in [0.05, 0.1) is 5.56 Å². The van der Waals surface area contributed by atoms with E-state index in [2.05, 4.69) is 0 Å². The number of carbonyl (C=O) groups is 1. The zero-order valence-electron chi connectivity index (χ0n) is 9.75. The highest BCUT2D eigenvalue weighted by Gasteiger charge is 2.22. The monoisotopic (exact) mass is 258 g/mol. The van der Waals surface area contributed by atoms with Crippen LogP contribution in [0.1, 0.15) is 15.9 Å². The van der Waals surface area contributed by atoms with Crippen LogP contribution in [0.5, 0.6) is 17.2 Å². The highest BCUT2D eigenvalue weighted by atomic mass is 16.5. The fraction of sp³-hybridized carbons (Fsp3) is 0.0714. The Morgan fingerprint density at radius 2 is 1.68 bits per heavy atom. The van der Waals surface area contributed by atoms with Crippen LogP contribution in [0.25, 0.3) is 11.1 Å². The van der Waals surface area contributed by atoms with Gasteiger partial charge in [0.2, 0.25) is 5.75 Å². The van der Waals surface area contributed by atoms with Gasteiger partial charge in [-0.15, -0.1) is 0 Å². The molecule has 0 aromatic heterocycles. The average Bonchev–Trinajstić information content (AvgIpc) is 2.77. The number of cyclic esters (lactones) is 1. The lowest BCUT2D eigenvalue weighted by atomic mass is 9.99. The molecule has 1 aliphatic heterocycles. The first kappa shape index (κ1) is 11.4. The van der Waals surface area contributed by atoms with Crippen molar-refractivity contribution in [3.63, 3.8) is 0 Å². The van der Waals surface area contributed by atoms with Crippen molar-refractivity contribution in [2.24, 2.45) is 0 Å². The first-order chi connectivity index (χ1) is 9.08. The maximum atomic E-state index is 11.3. The molecule has 0 saturated heterocycles. The summed E-state index contributed by atoms with van der Waals surface area (Å²) < 4.78 is 4.90. The first-order valence-corrected chi connectivity index (χ1v) is 5.62. The molecule has 0 radical (unpaired) electrons. The number of esters is 1. The summed E-state index contributed by atoms with van der Waals surface area (Å²) in [5.41, 5.74) is 2.24. The normalized spacial score (nSPS) is 13.2. The average molecular weight is 258 g/mol. The Kier molecular flexibility index (Phi) is 2.35. The Morgan fingerprint density at radius 1 is 0.947 bits per heavy atom. The largest absolute Gasteiger partial charge is 0.504 e. The number of hydrogen-bond acceptors (Lipinski definition) is 5. The lowest BCUT2D eigenvalue weighted by Gasteiger charge is -2.08. The molecule has 0 spiro atoms. The van der Waals surface area contributed by atoms with Crippen LogP contribution in [0.2, 0.25) is 0 Å². The molecule has 5 heteroatoms. The molecule has 0 saturated carbocycles. The number of phenolic OH excluding ortho intramolecular Hbond substituents is 3. The van der Waals surface area contributed by atoms with Crippen molar-refractivity contribution in [3.05, 3.63) is 41.5 Å². The van der Waals surface area contributed by atoms with Gasteiger partial charge in [0.25, 0.3) is 0 Å². The number of benzene rings is 2. The van der Waals surface area contributed by atoms with Crippen molar-refractivity contribution in [3.8, 4) is 28.4 Å². The number of phenols is 3. The molecular formula is C14H10O5. The van der Waals surface area contributed by atoms with E-state index in [-0.39, 0.29) is 18.3 Å². The van der Waals surface area contributed by atoms with Crippen LogP contribution in [0.3, 0.4) is 0 Å². The first-order valence-electron chi connectivity index (χ1n) is 5.62. The van der Waals surface area contributed by atoms with Gasteiger partial charge in [-0.05, 0) is 29.8 Å². The Balaban J connectivity index is 2.14. The molecule has 0 amide bonds. The third-order valence-corrected chi connectivity index (χ3v) is 3.12. The van der Waals surface area contributed by atoms with Crippen LogP contribution in [0.15, 0.2) is 30.3 Å². The minimum Gasteiger partial charge on any atom is -0.504 e. The van der Waals surface area contributed by atoms with Crippen molar-refractivity contribution in [1.82, 2.24) is 0 Å². The number of hydrogen-bond donors (Lipinski definition) is 3. The summed E-state index contributed by atoms with van der Waals surface area (Å²) >= 11 is 0. The van der Waals surface area contributed by atoms with Gasteiger partial charge in [-0.25, -0.2) is 4.79 Å². The number of ether oxygens (including phenoxy) is 1. The summed E-state index contributed by atoms with van der Waals surface area (Å²) in [5.74, 6) is -1.71. The molecule has 0 unspecified atom stereocenters. The molecule has 0 aliphatic carbocycles. The summed E-state index contributed by atoms with van der Waals surface area (Å²) in [6.07, 6.45) is 0. The van der Waals surface area contributed by atoms with Crippen LogP contribution >= 0.6 is 0 Å². The second-order valence-electron chi connectivity index (χ2n) is 4.28. The van der Waals surface area contributed by atoms with Crippen molar-refractivity contribution in [1.29, 1.82) is 0 Å². The molecule has 3 N–H and O–H groups in total. The zero-order valence-corrected chi connectivity index (χ0v) is 9.75.